The zero-order valence-electron chi connectivity index (χ0n) is 16.7. The van der Waals surface area contributed by atoms with Crippen LogP contribution in [0.4, 0.5) is 0 Å². The highest BCUT2D eigenvalue weighted by molar-refractivity contribution is 6.02. The van der Waals surface area contributed by atoms with Crippen LogP contribution in [-0.2, 0) is 11.2 Å². The number of ketones is 1. The molecule has 2 unspecified atom stereocenters. The van der Waals surface area contributed by atoms with E-state index in [4.69, 9.17) is 0 Å². The highest BCUT2D eigenvalue weighted by Gasteiger charge is 2.49. The summed E-state index contributed by atoms with van der Waals surface area (Å²) < 4.78 is 0. The number of hydrogen-bond donors (Lipinski definition) is 0. The van der Waals surface area contributed by atoms with Gasteiger partial charge in [-0.15, -0.1) is 0 Å². The summed E-state index contributed by atoms with van der Waals surface area (Å²) >= 11 is 0. The molecule has 5 heteroatoms. The molecule has 1 aromatic rings. The molecule has 2 amide bonds. The fraction of sp³-hybridized carbons (Fsp3) is 0.609. The quantitative estimate of drug-likeness (QED) is 0.810. The summed E-state index contributed by atoms with van der Waals surface area (Å²) in [5.74, 6) is 1.02. The zero-order chi connectivity index (χ0) is 19.6. The van der Waals surface area contributed by atoms with Crippen LogP contribution in [0.2, 0.25) is 0 Å². The van der Waals surface area contributed by atoms with E-state index in [0.29, 0.717) is 31.0 Å². The molecule has 2 aliphatic heterocycles. The van der Waals surface area contributed by atoms with Crippen LogP contribution in [0.25, 0.3) is 0 Å². The SMILES string of the molecule is CC(C)(C(=O)N1CC2CCC(C1)N2C(=O)c1ccc2c(c1)CCC2=O)C1CC1. The van der Waals surface area contributed by atoms with Crippen LogP contribution in [0.1, 0.15) is 72.2 Å². The van der Waals surface area contributed by atoms with Crippen molar-refractivity contribution in [1.29, 1.82) is 0 Å². The molecule has 2 atom stereocenters. The summed E-state index contributed by atoms with van der Waals surface area (Å²) in [7, 11) is 0. The standard InChI is InChI=1S/C23H28N2O3/c1-23(2,16-5-6-16)22(28)24-12-17-7-8-18(13-24)25(17)21(27)15-3-9-19-14(11-15)4-10-20(19)26/h3,9,11,16-18H,4-8,10,12-13H2,1-2H3. The first-order chi connectivity index (χ1) is 13.4. The number of benzene rings is 1. The van der Waals surface area contributed by atoms with Gasteiger partial charge in [-0.1, -0.05) is 19.9 Å². The Balaban J connectivity index is 1.34. The van der Waals surface area contributed by atoms with Crippen LogP contribution in [0, 0.1) is 11.3 Å². The van der Waals surface area contributed by atoms with Crippen LogP contribution >= 0.6 is 0 Å². The van der Waals surface area contributed by atoms with Gasteiger partial charge in [-0.05, 0) is 55.7 Å². The number of nitrogens with zero attached hydrogens (tertiary/aromatic N) is 2. The second kappa shape index (κ2) is 6.16. The Hall–Kier alpha value is -2.17. The number of rotatable bonds is 3. The Bertz CT molecular complexity index is 857. The first-order valence-corrected chi connectivity index (χ1v) is 10.6. The van der Waals surface area contributed by atoms with Crippen molar-refractivity contribution in [1.82, 2.24) is 9.80 Å². The molecule has 2 aliphatic carbocycles. The van der Waals surface area contributed by atoms with E-state index >= 15 is 0 Å². The Morgan fingerprint density at radius 1 is 1.00 bits per heavy atom. The van der Waals surface area contributed by atoms with E-state index in [-0.39, 0.29) is 35.1 Å². The van der Waals surface area contributed by atoms with Crippen LogP contribution in [0.5, 0.6) is 0 Å². The van der Waals surface area contributed by atoms with Gasteiger partial charge < -0.3 is 9.80 Å². The molecule has 1 aromatic carbocycles. The van der Waals surface area contributed by atoms with Crippen molar-refractivity contribution in [3.63, 3.8) is 0 Å². The second-order valence-electron chi connectivity index (χ2n) is 9.60. The van der Waals surface area contributed by atoms with Gasteiger partial charge in [0.1, 0.15) is 0 Å². The third-order valence-corrected chi connectivity index (χ3v) is 7.43. The molecule has 3 fully saturated rings. The number of carbonyl (C=O) groups is 3. The highest BCUT2D eigenvalue weighted by atomic mass is 16.2. The molecule has 2 heterocycles. The second-order valence-corrected chi connectivity index (χ2v) is 9.60. The van der Waals surface area contributed by atoms with Crippen molar-refractivity contribution in [2.24, 2.45) is 11.3 Å². The molecule has 2 saturated heterocycles. The largest absolute Gasteiger partial charge is 0.338 e. The Morgan fingerprint density at radius 2 is 1.68 bits per heavy atom. The van der Waals surface area contributed by atoms with Gasteiger partial charge >= 0.3 is 0 Å². The smallest absolute Gasteiger partial charge is 0.254 e. The molecule has 0 spiro atoms. The molecule has 28 heavy (non-hydrogen) atoms. The lowest BCUT2D eigenvalue weighted by Gasteiger charge is -2.43. The van der Waals surface area contributed by atoms with E-state index in [1.807, 2.05) is 21.9 Å². The minimum Gasteiger partial charge on any atom is -0.338 e. The summed E-state index contributed by atoms with van der Waals surface area (Å²) in [5.41, 5.74) is 2.18. The average molecular weight is 380 g/mol. The fourth-order valence-electron chi connectivity index (χ4n) is 5.53. The molecule has 5 rings (SSSR count). The minimum absolute atomic E-state index is 0.0585. The fourth-order valence-corrected chi connectivity index (χ4v) is 5.53. The lowest BCUT2D eigenvalue weighted by molar-refractivity contribution is -0.144. The average Bonchev–Trinajstić information content (AvgIpc) is 3.44. The van der Waals surface area contributed by atoms with Crippen LogP contribution in [0.15, 0.2) is 18.2 Å². The topological polar surface area (TPSA) is 57.7 Å². The Labute approximate surface area is 166 Å². The summed E-state index contributed by atoms with van der Waals surface area (Å²) in [6.45, 7) is 5.47. The van der Waals surface area contributed by atoms with E-state index in [1.165, 1.54) is 0 Å². The lowest BCUT2D eigenvalue weighted by atomic mass is 9.85. The van der Waals surface area contributed by atoms with Crippen molar-refractivity contribution in [2.75, 3.05) is 13.1 Å². The van der Waals surface area contributed by atoms with Gasteiger partial charge in [0.15, 0.2) is 5.78 Å². The van der Waals surface area contributed by atoms with Crippen molar-refractivity contribution in [3.8, 4) is 0 Å². The Kier molecular flexibility index (Phi) is 3.94. The van der Waals surface area contributed by atoms with Gasteiger partial charge in [-0.3, -0.25) is 14.4 Å². The maximum atomic E-state index is 13.3. The van der Waals surface area contributed by atoms with Gasteiger partial charge in [0.05, 0.1) is 12.1 Å². The highest BCUT2D eigenvalue weighted by Crippen LogP contribution is 2.47. The molecule has 0 aromatic heterocycles. The minimum atomic E-state index is -0.280. The van der Waals surface area contributed by atoms with Gasteiger partial charge in [-0.2, -0.15) is 0 Å². The number of Topliss-reactive ketones (excluding diaryl/α,β-unsaturated/α-hetero) is 1. The van der Waals surface area contributed by atoms with Gasteiger partial charge in [0.25, 0.3) is 5.91 Å². The number of aryl methyl sites for hydroxylation is 1. The number of piperazine rings is 1. The summed E-state index contributed by atoms with van der Waals surface area (Å²) in [6, 6.07) is 5.76. The Morgan fingerprint density at radius 3 is 2.32 bits per heavy atom. The number of fused-ring (bicyclic) bond motifs is 3. The van der Waals surface area contributed by atoms with Crippen molar-refractivity contribution in [2.45, 2.75) is 64.5 Å². The number of likely N-dealkylation sites (tertiary alicyclic amines) is 1. The number of hydrogen-bond acceptors (Lipinski definition) is 3. The zero-order valence-corrected chi connectivity index (χ0v) is 16.7. The van der Waals surface area contributed by atoms with Gasteiger partial charge in [-0.25, -0.2) is 0 Å². The monoisotopic (exact) mass is 380 g/mol. The predicted octanol–water partition coefficient (Wildman–Crippen LogP) is 3.07. The van der Waals surface area contributed by atoms with Gasteiger partial charge in [0, 0.05) is 36.1 Å². The van der Waals surface area contributed by atoms with Crippen LogP contribution < -0.4 is 0 Å². The summed E-state index contributed by atoms with van der Waals surface area (Å²) in [4.78, 5) is 42.3. The third-order valence-electron chi connectivity index (χ3n) is 7.43. The predicted molar refractivity (Wildman–Crippen MR) is 105 cm³/mol. The maximum Gasteiger partial charge on any atom is 0.254 e. The van der Waals surface area contributed by atoms with Crippen LogP contribution in [-0.4, -0.2) is 52.6 Å². The van der Waals surface area contributed by atoms with Crippen LogP contribution in [0.3, 0.4) is 0 Å². The number of carbonyl (C=O) groups excluding carboxylic acids is 3. The van der Waals surface area contributed by atoms with Crippen molar-refractivity contribution < 1.29 is 14.4 Å². The first-order valence-electron chi connectivity index (χ1n) is 10.6. The van der Waals surface area contributed by atoms with E-state index in [1.54, 1.807) is 6.07 Å². The normalized spacial score (nSPS) is 26.6. The molecule has 1 saturated carbocycles. The molecular formula is C23H28N2O3. The summed E-state index contributed by atoms with van der Waals surface area (Å²) in [5, 5.41) is 0. The van der Waals surface area contributed by atoms with Crippen molar-refractivity contribution >= 4 is 17.6 Å². The summed E-state index contributed by atoms with van der Waals surface area (Å²) in [6.07, 6.45) is 5.53. The lowest BCUT2D eigenvalue weighted by Crippen LogP contribution is -2.59. The van der Waals surface area contributed by atoms with E-state index in [9.17, 15) is 14.4 Å². The molecule has 148 valence electrons. The van der Waals surface area contributed by atoms with Crippen molar-refractivity contribution in [3.05, 3.63) is 34.9 Å². The first kappa shape index (κ1) is 17.9. The molecule has 4 aliphatic rings. The molecule has 2 bridgehead atoms. The third kappa shape index (κ3) is 2.70. The maximum absolute atomic E-state index is 13.3. The van der Waals surface area contributed by atoms with E-state index < -0.39 is 0 Å². The number of amides is 2. The molecule has 0 radical (unpaired) electrons. The molecular weight excluding hydrogens is 352 g/mol. The molecule has 0 N–H and O–H groups in total. The molecule has 5 nitrogen and oxygen atoms in total. The van der Waals surface area contributed by atoms with Gasteiger partial charge in [0.2, 0.25) is 5.91 Å². The van der Waals surface area contributed by atoms with E-state index in [0.717, 1.165) is 43.2 Å². The van der Waals surface area contributed by atoms with E-state index in [2.05, 4.69) is 13.8 Å².